The Hall–Kier alpha value is -2.80. The summed E-state index contributed by atoms with van der Waals surface area (Å²) in [5, 5.41) is 11.7. The van der Waals surface area contributed by atoms with Gasteiger partial charge in [0.2, 0.25) is 5.91 Å². The fourth-order valence-electron chi connectivity index (χ4n) is 2.91. The lowest BCUT2D eigenvalue weighted by Gasteiger charge is -2.11. The van der Waals surface area contributed by atoms with E-state index in [4.69, 9.17) is 4.74 Å². The maximum absolute atomic E-state index is 12.2. The molecule has 152 valence electrons. The Bertz CT molecular complexity index is 938. The number of carbonyl (C=O) groups excluding carboxylic acids is 1. The molecule has 0 saturated heterocycles. The third-order valence-corrected chi connectivity index (χ3v) is 5.52. The summed E-state index contributed by atoms with van der Waals surface area (Å²) in [6.45, 7) is 4.97. The quantitative estimate of drug-likeness (QED) is 0.543. The number of nitrogens with zero attached hydrogens (tertiary/aromatic N) is 3. The number of carbonyl (C=O) groups is 1. The molecular weight excluding hydrogens is 384 g/mol. The second-order valence-corrected chi connectivity index (χ2v) is 7.88. The van der Waals surface area contributed by atoms with Crippen molar-refractivity contribution in [1.29, 1.82) is 0 Å². The first-order valence-electron chi connectivity index (χ1n) is 9.60. The van der Waals surface area contributed by atoms with Gasteiger partial charge < -0.3 is 10.1 Å². The maximum Gasteiger partial charge on any atom is 0.230 e. The average Bonchev–Trinajstić information content (AvgIpc) is 3.21. The Morgan fingerprint density at radius 1 is 1.17 bits per heavy atom. The molecule has 0 aliphatic carbocycles. The van der Waals surface area contributed by atoms with Crippen LogP contribution in [0.4, 0.5) is 0 Å². The van der Waals surface area contributed by atoms with Gasteiger partial charge in [0.25, 0.3) is 0 Å². The molecule has 0 unspecified atom stereocenters. The Balaban J connectivity index is 1.50. The molecule has 0 radical (unpaired) electrons. The monoisotopic (exact) mass is 410 g/mol. The summed E-state index contributed by atoms with van der Waals surface area (Å²) >= 11 is 1.35. The van der Waals surface area contributed by atoms with Crippen molar-refractivity contribution in [1.82, 2.24) is 20.1 Å². The van der Waals surface area contributed by atoms with Gasteiger partial charge in [0.15, 0.2) is 5.16 Å². The van der Waals surface area contributed by atoms with Gasteiger partial charge in [0, 0.05) is 6.54 Å². The third kappa shape index (κ3) is 5.60. The molecule has 1 N–H and O–H groups in total. The van der Waals surface area contributed by atoms with Crippen LogP contribution in [0, 0.1) is 0 Å². The number of thioether (sulfide) groups is 1. The van der Waals surface area contributed by atoms with Crippen molar-refractivity contribution in [3.05, 3.63) is 66.0 Å². The van der Waals surface area contributed by atoms with Crippen LogP contribution in [0.1, 0.15) is 30.9 Å². The van der Waals surface area contributed by atoms with E-state index in [2.05, 4.69) is 53.6 Å². The molecular formula is C22H26N4O2S. The maximum atomic E-state index is 12.2. The van der Waals surface area contributed by atoms with Crippen molar-refractivity contribution >= 4 is 17.7 Å². The number of amides is 1. The van der Waals surface area contributed by atoms with Crippen molar-refractivity contribution < 1.29 is 9.53 Å². The topological polar surface area (TPSA) is 69.0 Å². The molecule has 3 rings (SSSR count). The van der Waals surface area contributed by atoms with Gasteiger partial charge in [-0.1, -0.05) is 62.0 Å². The molecule has 7 heteroatoms. The van der Waals surface area contributed by atoms with E-state index in [0.29, 0.717) is 17.6 Å². The highest BCUT2D eigenvalue weighted by Crippen LogP contribution is 2.26. The van der Waals surface area contributed by atoms with Gasteiger partial charge in [-0.3, -0.25) is 9.36 Å². The molecule has 0 bridgehead atoms. The Morgan fingerprint density at radius 2 is 1.93 bits per heavy atom. The van der Waals surface area contributed by atoms with Crippen molar-refractivity contribution in [2.75, 3.05) is 19.4 Å². The number of para-hydroxylation sites is 2. The molecule has 0 saturated carbocycles. The number of nitrogens with one attached hydrogen (secondary N) is 1. The zero-order valence-electron chi connectivity index (χ0n) is 17.0. The Morgan fingerprint density at radius 3 is 2.66 bits per heavy atom. The minimum Gasteiger partial charge on any atom is -0.495 e. The van der Waals surface area contributed by atoms with Crippen LogP contribution in [0.15, 0.2) is 60.0 Å². The van der Waals surface area contributed by atoms with Crippen LogP contribution in [-0.2, 0) is 11.2 Å². The van der Waals surface area contributed by atoms with Crippen molar-refractivity contribution in [2.45, 2.75) is 31.3 Å². The van der Waals surface area contributed by atoms with Crippen LogP contribution in [0.25, 0.3) is 5.69 Å². The van der Waals surface area contributed by atoms with Crippen molar-refractivity contribution in [2.24, 2.45) is 0 Å². The summed E-state index contributed by atoms with van der Waals surface area (Å²) in [7, 11) is 1.62. The van der Waals surface area contributed by atoms with E-state index in [1.165, 1.54) is 22.9 Å². The van der Waals surface area contributed by atoms with Gasteiger partial charge >= 0.3 is 0 Å². The van der Waals surface area contributed by atoms with E-state index >= 15 is 0 Å². The van der Waals surface area contributed by atoms with Gasteiger partial charge in [-0.15, -0.1) is 10.2 Å². The van der Waals surface area contributed by atoms with E-state index in [1.807, 2.05) is 28.8 Å². The lowest BCUT2D eigenvalue weighted by atomic mass is 10.0. The molecule has 1 amide bonds. The summed E-state index contributed by atoms with van der Waals surface area (Å²) in [6, 6.07) is 16.2. The number of benzene rings is 2. The minimum absolute atomic E-state index is 0.0247. The van der Waals surface area contributed by atoms with Gasteiger partial charge in [-0.05, 0) is 35.6 Å². The summed E-state index contributed by atoms with van der Waals surface area (Å²) in [4.78, 5) is 12.2. The van der Waals surface area contributed by atoms with Gasteiger partial charge in [-0.25, -0.2) is 0 Å². The number of ether oxygens (including phenoxy) is 1. The fraction of sp³-hybridized carbons (Fsp3) is 0.318. The molecule has 29 heavy (non-hydrogen) atoms. The Labute approximate surface area is 175 Å². The molecule has 0 aliphatic rings. The highest BCUT2D eigenvalue weighted by molar-refractivity contribution is 7.99. The second kappa shape index (κ2) is 10.1. The second-order valence-electron chi connectivity index (χ2n) is 6.94. The van der Waals surface area contributed by atoms with Crippen LogP contribution in [-0.4, -0.2) is 40.1 Å². The molecule has 2 aromatic carbocycles. The number of hydrogen-bond acceptors (Lipinski definition) is 5. The smallest absolute Gasteiger partial charge is 0.230 e. The molecule has 1 heterocycles. The summed E-state index contributed by atoms with van der Waals surface area (Å²) < 4.78 is 7.23. The molecule has 0 fully saturated rings. The van der Waals surface area contributed by atoms with Crippen LogP contribution in [0.3, 0.4) is 0 Å². The van der Waals surface area contributed by atoms with Crippen LogP contribution in [0.5, 0.6) is 5.75 Å². The van der Waals surface area contributed by atoms with E-state index in [-0.39, 0.29) is 11.7 Å². The predicted octanol–water partition coefficient (Wildman–Crippen LogP) is 3.85. The highest BCUT2D eigenvalue weighted by Gasteiger charge is 2.13. The van der Waals surface area contributed by atoms with Gasteiger partial charge in [0.1, 0.15) is 12.1 Å². The molecule has 0 atom stereocenters. The first kappa shape index (κ1) is 20.9. The molecule has 6 nitrogen and oxygen atoms in total. The van der Waals surface area contributed by atoms with E-state index in [1.54, 1.807) is 13.4 Å². The normalized spacial score (nSPS) is 10.9. The largest absolute Gasteiger partial charge is 0.495 e. The minimum atomic E-state index is -0.0247. The standard InChI is InChI=1S/C22H26N4O2S/c1-16(2)18-10-8-17(9-11-18)12-13-23-21(27)14-29-22-25-24-15-26(22)19-6-4-5-7-20(19)28-3/h4-11,15-16H,12-14H2,1-3H3,(H,23,27). The predicted molar refractivity (Wildman–Crippen MR) is 116 cm³/mol. The molecule has 0 aliphatic heterocycles. The summed E-state index contributed by atoms with van der Waals surface area (Å²) in [5.41, 5.74) is 3.39. The number of methoxy groups -OCH3 is 1. The van der Waals surface area contributed by atoms with Crippen LogP contribution < -0.4 is 10.1 Å². The Kier molecular flexibility index (Phi) is 7.30. The first-order valence-corrected chi connectivity index (χ1v) is 10.6. The van der Waals surface area contributed by atoms with Gasteiger partial charge in [0.05, 0.1) is 18.6 Å². The van der Waals surface area contributed by atoms with E-state index in [0.717, 1.165) is 17.9 Å². The lowest BCUT2D eigenvalue weighted by Crippen LogP contribution is -2.27. The molecule has 3 aromatic rings. The summed E-state index contributed by atoms with van der Waals surface area (Å²) in [5.74, 6) is 1.50. The zero-order valence-corrected chi connectivity index (χ0v) is 17.8. The van der Waals surface area contributed by atoms with Crippen LogP contribution >= 0.6 is 11.8 Å². The molecule has 1 aromatic heterocycles. The highest BCUT2D eigenvalue weighted by atomic mass is 32.2. The first-order chi connectivity index (χ1) is 14.1. The van der Waals surface area contributed by atoms with E-state index < -0.39 is 0 Å². The number of hydrogen-bond donors (Lipinski definition) is 1. The lowest BCUT2D eigenvalue weighted by molar-refractivity contribution is -0.118. The van der Waals surface area contributed by atoms with Gasteiger partial charge in [-0.2, -0.15) is 0 Å². The third-order valence-electron chi connectivity index (χ3n) is 4.58. The SMILES string of the molecule is COc1ccccc1-n1cnnc1SCC(=O)NCCc1ccc(C(C)C)cc1. The van der Waals surface area contributed by atoms with Crippen molar-refractivity contribution in [3.63, 3.8) is 0 Å². The average molecular weight is 411 g/mol. The van der Waals surface area contributed by atoms with Crippen LogP contribution in [0.2, 0.25) is 0 Å². The number of aromatic nitrogens is 3. The van der Waals surface area contributed by atoms with Crippen molar-refractivity contribution in [3.8, 4) is 11.4 Å². The fourth-order valence-corrected chi connectivity index (χ4v) is 3.67. The number of rotatable bonds is 9. The zero-order chi connectivity index (χ0) is 20.6. The van der Waals surface area contributed by atoms with E-state index in [9.17, 15) is 4.79 Å². The molecule has 0 spiro atoms. The summed E-state index contributed by atoms with van der Waals surface area (Å²) in [6.07, 6.45) is 2.44.